The minimum atomic E-state index is -0.665. The monoisotopic (exact) mass is 810 g/mol. The van der Waals surface area contributed by atoms with E-state index in [9.17, 15) is 15.0 Å². The second kappa shape index (κ2) is 49.5. The summed E-state index contributed by atoms with van der Waals surface area (Å²) in [7, 11) is 0. The van der Waals surface area contributed by atoms with Gasteiger partial charge in [0.05, 0.1) is 18.8 Å². The number of aliphatic hydroxyl groups excluding tert-OH is 2. The van der Waals surface area contributed by atoms with Gasteiger partial charge in [-0.3, -0.25) is 4.79 Å². The number of allylic oxidation sites excluding steroid dienone is 10. The molecule has 4 nitrogen and oxygen atoms in total. The minimum absolute atomic E-state index is 0.0376. The average molecular weight is 810 g/mol. The SMILES string of the molecule is CC/C=C\C/C=C\C/C=C\C/C=C\C/C=C\CCCCCCCCCCCC(=O)NC(CO)C(O)CCCCCCCCCCCCCCCCCCCCCCC. The maximum absolute atomic E-state index is 12.5. The number of aliphatic hydroxyl groups is 2. The quantitative estimate of drug-likeness (QED) is 0.0424. The first-order chi connectivity index (χ1) is 28.7. The first-order valence-corrected chi connectivity index (χ1v) is 25.5. The van der Waals surface area contributed by atoms with Gasteiger partial charge in [-0.1, -0.05) is 254 Å². The number of rotatable bonds is 46. The highest BCUT2D eigenvalue weighted by molar-refractivity contribution is 5.76. The number of unbranched alkanes of at least 4 members (excludes halogenated alkanes) is 29. The molecule has 0 spiro atoms. The molecule has 1 amide bonds. The van der Waals surface area contributed by atoms with Crippen LogP contribution in [-0.4, -0.2) is 34.9 Å². The van der Waals surface area contributed by atoms with Crippen molar-refractivity contribution in [3.05, 3.63) is 60.8 Å². The van der Waals surface area contributed by atoms with Gasteiger partial charge in [-0.15, -0.1) is 0 Å². The lowest BCUT2D eigenvalue weighted by atomic mass is 10.0. The number of hydrogen-bond donors (Lipinski definition) is 3. The second-order valence-electron chi connectivity index (χ2n) is 17.2. The lowest BCUT2D eigenvalue weighted by molar-refractivity contribution is -0.123. The Bertz CT molecular complexity index is 965. The van der Waals surface area contributed by atoms with Crippen LogP contribution in [-0.2, 0) is 4.79 Å². The molecule has 3 N–H and O–H groups in total. The molecule has 0 aromatic carbocycles. The molecule has 0 aliphatic heterocycles. The second-order valence-corrected chi connectivity index (χ2v) is 17.2. The number of carbonyl (C=O) groups is 1. The van der Waals surface area contributed by atoms with Gasteiger partial charge in [0.25, 0.3) is 0 Å². The Morgan fingerprint density at radius 3 is 1.14 bits per heavy atom. The molecule has 0 saturated carbocycles. The highest BCUT2D eigenvalue weighted by Gasteiger charge is 2.20. The predicted molar refractivity (Wildman–Crippen MR) is 258 cm³/mol. The highest BCUT2D eigenvalue weighted by Crippen LogP contribution is 2.17. The van der Waals surface area contributed by atoms with Crippen molar-refractivity contribution in [1.29, 1.82) is 0 Å². The summed E-state index contributed by atoms with van der Waals surface area (Å²) in [4.78, 5) is 12.5. The highest BCUT2D eigenvalue weighted by atomic mass is 16.3. The summed E-state index contributed by atoms with van der Waals surface area (Å²) in [5, 5.41) is 23.3. The van der Waals surface area contributed by atoms with Crippen molar-refractivity contribution < 1.29 is 15.0 Å². The number of amides is 1. The fraction of sp³-hybridized carbons (Fsp3) is 0.796. The Hall–Kier alpha value is -1.91. The van der Waals surface area contributed by atoms with E-state index in [0.717, 1.165) is 57.8 Å². The molecular weight excluding hydrogens is 711 g/mol. The van der Waals surface area contributed by atoms with Crippen molar-refractivity contribution in [2.45, 2.75) is 270 Å². The van der Waals surface area contributed by atoms with Gasteiger partial charge in [0, 0.05) is 6.42 Å². The van der Waals surface area contributed by atoms with Crippen LogP contribution >= 0.6 is 0 Å². The first kappa shape index (κ1) is 56.1. The van der Waals surface area contributed by atoms with E-state index in [1.54, 1.807) is 0 Å². The third kappa shape index (κ3) is 45.2. The van der Waals surface area contributed by atoms with E-state index < -0.39 is 12.1 Å². The molecule has 58 heavy (non-hydrogen) atoms. The van der Waals surface area contributed by atoms with E-state index >= 15 is 0 Å². The van der Waals surface area contributed by atoms with Crippen LogP contribution in [0.3, 0.4) is 0 Å². The molecule has 2 unspecified atom stereocenters. The molecule has 0 radical (unpaired) electrons. The Morgan fingerprint density at radius 2 is 0.759 bits per heavy atom. The topological polar surface area (TPSA) is 69.6 Å². The van der Waals surface area contributed by atoms with Crippen LogP contribution in [0.25, 0.3) is 0 Å². The number of hydrogen-bond acceptors (Lipinski definition) is 3. The van der Waals surface area contributed by atoms with E-state index in [4.69, 9.17) is 0 Å². The molecule has 0 rings (SSSR count). The summed E-state index contributed by atoms with van der Waals surface area (Å²) in [5.41, 5.74) is 0. The van der Waals surface area contributed by atoms with E-state index in [0.29, 0.717) is 12.8 Å². The fourth-order valence-electron chi connectivity index (χ4n) is 7.68. The van der Waals surface area contributed by atoms with Crippen LogP contribution in [0.5, 0.6) is 0 Å². The van der Waals surface area contributed by atoms with Gasteiger partial charge in [-0.25, -0.2) is 0 Å². The minimum Gasteiger partial charge on any atom is -0.394 e. The maximum Gasteiger partial charge on any atom is 0.220 e. The van der Waals surface area contributed by atoms with Crippen molar-refractivity contribution in [2.75, 3.05) is 6.61 Å². The zero-order chi connectivity index (χ0) is 42.1. The van der Waals surface area contributed by atoms with Crippen molar-refractivity contribution >= 4 is 5.91 Å². The lowest BCUT2D eigenvalue weighted by Gasteiger charge is -2.22. The van der Waals surface area contributed by atoms with Crippen LogP contribution in [0, 0.1) is 0 Å². The zero-order valence-corrected chi connectivity index (χ0v) is 38.8. The van der Waals surface area contributed by atoms with Crippen LogP contribution in [0.4, 0.5) is 0 Å². The summed E-state index contributed by atoms with van der Waals surface area (Å²) < 4.78 is 0. The Morgan fingerprint density at radius 1 is 0.431 bits per heavy atom. The third-order valence-corrected chi connectivity index (χ3v) is 11.5. The Labute approximate surface area is 362 Å². The number of nitrogens with one attached hydrogen (secondary N) is 1. The molecule has 338 valence electrons. The Kier molecular flexibility index (Phi) is 47.8. The largest absolute Gasteiger partial charge is 0.394 e. The van der Waals surface area contributed by atoms with Crippen molar-refractivity contribution in [3.63, 3.8) is 0 Å². The van der Waals surface area contributed by atoms with Gasteiger partial charge in [0.15, 0.2) is 0 Å². The van der Waals surface area contributed by atoms with Crippen LogP contribution in [0.15, 0.2) is 60.8 Å². The fourth-order valence-corrected chi connectivity index (χ4v) is 7.68. The van der Waals surface area contributed by atoms with E-state index in [-0.39, 0.29) is 12.5 Å². The zero-order valence-electron chi connectivity index (χ0n) is 38.8. The van der Waals surface area contributed by atoms with Crippen LogP contribution < -0.4 is 5.32 Å². The normalized spacial score (nSPS) is 13.4. The lowest BCUT2D eigenvalue weighted by Crippen LogP contribution is -2.45. The molecule has 0 fully saturated rings. The van der Waals surface area contributed by atoms with Crippen molar-refractivity contribution in [2.24, 2.45) is 0 Å². The first-order valence-electron chi connectivity index (χ1n) is 25.5. The summed E-state index contributed by atoms with van der Waals surface area (Å²) in [6.45, 7) is 4.26. The summed E-state index contributed by atoms with van der Waals surface area (Å²) >= 11 is 0. The standard InChI is InChI=1S/C54H99NO3/c1-3-5-7-9-11-13-15-17-19-21-23-25-26-27-28-30-32-34-36-38-40-42-44-46-48-50-54(58)55-52(51-56)53(57)49-47-45-43-41-39-37-35-33-31-29-24-22-20-18-16-14-12-10-8-6-4-2/h5,7,11,13,17,19,23,25,27-28,52-53,56-57H,3-4,6,8-10,12,14-16,18,20-22,24,26,29-51H2,1-2H3,(H,55,58)/b7-5-,13-11-,19-17-,25-23-,28-27-. The van der Waals surface area contributed by atoms with Crippen LogP contribution in [0.1, 0.15) is 258 Å². The molecule has 2 atom stereocenters. The number of carbonyl (C=O) groups excluding carboxylic acids is 1. The summed E-state index contributed by atoms with van der Waals surface area (Å²) in [6.07, 6.45) is 68.9. The Balaban J connectivity index is 3.52. The van der Waals surface area contributed by atoms with Gasteiger partial charge in [0.2, 0.25) is 5.91 Å². The molecule has 0 bridgehead atoms. The van der Waals surface area contributed by atoms with Gasteiger partial charge < -0.3 is 15.5 Å². The molecule has 0 aliphatic rings. The van der Waals surface area contributed by atoms with Gasteiger partial charge in [-0.05, 0) is 57.8 Å². The van der Waals surface area contributed by atoms with E-state index in [2.05, 4.69) is 79.9 Å². The van der Waals surface area contributed by atoms with E-state index in [1.807, 2.05) is 0 Å². The summed E-state index contributed by atoms with van der Waals surface area (Å²) in [5.74, 6) is -0.0376. The van der Waals surface area contributed by atoms with Crippen molar-refractivity contribution in [3.8, 4) is 0 Å². The maximum atomic E-state index is 12.5. The van der Waals surface area contributed by atoms with Gasteiger partial charge in [-0.2, -0.15) is 0 Å². The average Bonchev–Trinajstić information content (AvgIpc) is 3.23. The molecule has 0 aromatic rings. The molecule has 0 saturated heterocycles. The van der Waals surface area contributed by atoms with Gasteiger partial charge >= 0.3 is 0 Å². The van der Waals surface area contributed by atoms with Crippen molar-refractivity contribution in [1.82, 2.24) is 5.32 Å². The predicted octanol–water partition coefficient (Wildman–Crippen LogP) is 16.5. The van der Waals surface area contributed by atoms with E-state index in [1.165, 1.54) is 173 Å². The van der Waals surface area contributed by atoms with Crippen LogP contribution in [0.2, 0.25) is 0 Å². The molecule has 0 aromatic heterocycles. The molecule has 4 heteroatoms. The molecular formula is C54H99NO3. The third-order valence-electron chi connectivity index (χ3n) is 11.5. The molecule has 0 aliphatic carbocycles. The summed E-state index contributed by atoms with van der Waals surface area (Å²) in [6, 6.07) is -0.543. The smallest absolute Gasteiger partial charge is 0.220 e. The molecule has 0 heterocycles. The van der Waals surface area contributed by atoms with Gasteiger partial charge in [0.1, 0.15) is 0 Å².